The lowest BCUT2D eigenvalue weighted by Gasteiger charge is -2.33. The standard InChI is InChI=1S/C22H22N6O2S/c23-12-15-4-5-17-20(10-15)25-26-22(17)21-11-18-16(2-1-3-19(18)24-21)13-27-6-8-28(9-7-27)14-31(29)30/h1-5,10-11,24,31H,6-9,13-14H2,(H,25,26). The van der Waals surface area contributed by atoms with Crippen molar-refractivity contribution >= 4 is 32.5 Å². The van der Waals surface area contributed by atoms with Gasteiger partial charge in [-0.3, -0.25) is 14.9 Å². The fraction of sp³-hybridized carbons (Fsp3) is 0.273. The van der Waals surface area contributed by atoms with Crippen LogP contribution in [0, 0.1) is 11.3 Å². The highest BCUT2D eigenvalue weighted by atomic mass is 32.2. The lowest BCUT2D eigenvalue weighted by atomic mass is 10.1. The summed E-state index contributed by atoms with van der Waals surface area (Å²) in [5.41, 5.74) is 5.49. The zero-order valence-electron chi connectivity index (χ0n) is 16.8. The highest BCUT2D eigenvalue weighted by Crippen LogP contribution is 2.31. The second-order valence-electron chi connectivity index (χ2n) is 7.87. The Morgan fingerprint density at radius 2 is 1.81 bits per heavy atom. The average Bonchev–Trinajstić information content (AvgIpc) is 3.38. The minimum absolute atomic E-state index is 0.146. The number of aromatic amines is 2. The monoisotopic (exact) mass is 434 g/mol. The van der Waals surface area contributed by atoms with E-state index in [4.69, 9.17) is 5.26 Å². The number of rotatable bonds is 5. The maximum Gasteiger partial charge on any atom is 0.153 e. The number of piperazine rings is 1. The first-order valence-electron chi connectivity index (χ1n) is 10.2. The van der Waals surface area contributed by atoms with Crippen LogP contribution in [0.25, 0.3) is 33.2 Å². The number of nitriles is 1. The van der Waals surface area contributed by atoms with E-state index >= 15 is 0 Å². The molecule has 0 amide bonds. The molecule has 0 spiro atoms. The maximum absolute atomic E-state index is 11.0. The highest BCUT2D eigenvalue weighted by molar-refractivity contribution is 7.72. The fourth-order valence-corrected chi connectivity index (χ4v) is 4.88. The predicted molar refractivity (Wildman–Crippen MR) is 120 cm³/mol. The van der Waals surface area contributed by atoms with Crippen LogP contribution in [0.2, 0.25) is 0 Å². The van der Waals surface area contributed by atoms with E-state index in [2.05, 4.69) is 50.4 Å². The van der Waals surface area contributed by atoms with E-state index in [0.29, 0.717) is 5.56 Å². The van der Waals surface area contributed by atoms with Crippen LogP contribution in [-0.4, -0.2) is 65.5 Å². The van der Waals surface area contributed by atoms with Gasteiger partial charge in [0.15, 0.2) is 10.7 Å². The van der Waals surface area contributed by atoms with Crippen molar-refractivity contribution in [3.05, 3.63) is 53.6 Å². The third-order valence-corrected chi connectivity index (χ3v) is 6.51. The van der Waals surface area contributed by atoms with Gasteiger partial charge in [0.1, 0.15) is 5.69 Å². The largest absolute Gasteiger partial charge is 0.353 e. The number of fused-ring (bicyclic) bond motifs is 2. The number of hydrogen-bond acceptors (Lipinski definition) is 6. The van der Waals surface area contributed by atoms with E-state index in [0.717, 1.165) is 65.9 Å². The van der Waals surface area contributed by atoms with E-state index in [9.17, 15) is 8.42 Å². The number of hydrogen-bond donors (Lipinski definition) is 3. The summed E-state index contributed by atoms with van der Waals surface area (Å²) in [6, 6.07) is 16.1. The molecule has 0 bridgehead atoms. The lowest BCUT2D eigenvalue weighted by molar-refractivity contribution is 0.142. The molecule has 1 aliphatic rings. The van der Waals surface area contributed by atoms with Gasteiger partial charge in [-0.05, 0) is 35.9 Å². The molecule has 0 atom stereocenters. The van der Waals surface area contributed by atoms with E-state index in [-0.39, 0.29) is 5.88 Å². The molecule has 2 aromatic carbocycles. The number of benzene rings is 2. The van der Waals surface area contributed by atoms with Crippen molar-refractivity contribution < 1.29 is 8.42 Å². The normalized spacial score (nSPS) is 15.7. The van der Waals surface area contributed by atoms with Crippen LogP contribution >= 0.6 is 0 Å². The number of aromatic nitrogens is 3. The van der Waals surface area contributed by atoms with Gasteiger partial charge in [0.25, 0.3) is 0 Å². The smallest absolute Gasteiger partial charge is 0.153 e. The van der Waals surface area contributed by atoms with Gasteiger partial charge >= 0.3 is 0 Å². The lowest BCUT2D eigenvalue weighted by Crippen LogP contribution is -2.46. The molecular weight excluding hydrogens is 412 g/mol. The van der Waals surface area contributed by atoms with Crippen LogP contribution in [0.4, 0.5) is 0 Å². The first-order chi connectivity index (χ1) is 15.1. The molecule has 3 heterocycles. The maximum atomic E-state index is 11.0. The zero-order valence-corrected chi connectivity index (χ0v) is 17.7. The van der Waals surface area contributed by atoms with Crippen molar-refractivity contribution in [2.75, 3.05) is 32.1 Å². The van der Waals surface area contributed by atoms with Gasteiger partial charge in [-0.1, -0.05) is 12.1 Å². The topological polar surface area (TPSA) is 109 Å². The Hall–Kier alpha value is -3.19. The molecule has 2 N–H and O–H groups in total. The van der Waals surface area contributed by atoms with Crippen molar-refractivity contribution in [3.63, 3.8) is 0 Å². The molecule has 4 aromatic rings. The molecule has 0 saturated carbocycles. The van der Waals surface area contributed by atoms with Gasteiger partial charge in [-0.2, -0.15) is 10.4 Å². The summed E-state index contributed by atoms with van der Waals surface area (Å²) in [4.78, 5) is 7.83. The van der Waals surface area contributed by atoms with Gasteiger partial charge < -0.3 is 4.98 Å². The second-order valence-corrected chi connectivity index (χ2v) is 8.82. The van der Waals surface area contributed by atoms with E-state index in [1.54, 1.807) is 6.07 Å². The molecular formula is C22H22N6O2S. The Labute approximate surface area is 181 Å². The molecule has 31 heavy (non-hydrogen) atoms. The molecule has 2 aromatic heterocycles. The summed E-state index contributed by atoms with van der Waals surface area (Å²) in [7, 11) is -2.36. The summed E-state index contributed by atoms with van der Waals surface area (Å²) in [5, 5.41) is 18.8. The van der Waals surface area contributed by atoms with Crippen molar-refractivity contribution in [2.24, 2.45) is 0 Å². The van der Waals surface area contributed by atoms with E-state index in [1.165, 1.54) is 5.56 Å². The van der Waals surface area contributed by atoms with Gasteiger partial charge in [0.05, 0.1) is 28.7 Å². The number of nitrogens with zero attached hydrogens (tertiary/aromatic N) is 4. The predicted octanol–water partition coefficient (Wildman–Crippen LogP) is 2.27. The van der Waals surface area contributed by atoms with Gasteiger partial charge in [0, 0.05) is 49.0 Å². The Kier molecular flexibility index (Phi) is 5.19. The first-order valence-corrected chi connectivity index (χ1v) is 11.5. The first kappa shape index (κ1) is 19.8. The Balaban J connectivity index is 1.41. The van der Waals surface area contributed by atoms with Crippen molar-refractivity contribution in [1.82, 2.24) is 25.0 Å². The number of nitrogens with one attached hydrogen (secondary N) is 2. The third kappa shape index (κ3) is 3.93. The average molecular weight is 435 g/mol. The molecule has 1 fully saturated rings. The van der Waals surface area contributed by atoms with Crippen LogP contribution < -0.4 is 0 Å². The van der Waals surface area contributed by atoms with Crippen LogP contribution in [-0.2, 0) is 17.2 Å². The van der Waals surface area contributed by atoms with Crippen LogP contribution in [0.3, 0.4) is 0 Å². The molecule has 0 radical (unpaired) electrons. The Morgan fingerprint density at radius 1 is 1.00 bits per heavy atom. The van der Waals surface area contributed by atoms with E-state index in [1.807, 2.05) is 17.0 Å². The number of H-pyrrole nitrogens is 2. The fourth-order valence-electron chi connectivity index (χ4n) is 4.27. The molecule has 0 unspecified atom stereocenters. The Morgan fingerprint density at radius 3 is 2.58 bits per heavy atom. The quantitative estimate of drug-likeness (QED) is 0.416. The summed E-state index contributed by atoms with van der Waals surface area (Å²) >= 11 is 0. The molecule has 158 valence electrons. The van der Waals surface area contributed by atoms with E-state index < -0.39 is 10.7 Å². The second kappa shape index (κ2) is 8.15. The highest BCUT2D eigenvalue weighted by Gasteiger charge is 2.19. The molecule has 5 rings (SSSR count). The molecule has 1 saturated heterocycles. The third-order valence-electron chi connectivity index (χ3n) is 5.88. The van der Waals surface area contributed by atoms with Crippen molar-refractivity contribution in [3.8, 4) is 17.5 Å². The summed E-state index contributed by atoms with van der Waals surface area (Å²) in [6.07, 6.45) is 0. The minimum Gasteiger partial charge on any atom is -0.353 e. The molecule has 9 heteroatoms. The van der Waals surface area contributed by atoms with Gasteiger partial charge in [-0.25, -0.2) is 8.42 Å². The Bertz CT molecular complexity index is 1360. The summed E-state index contributed by atoms with van der Waals surface area (Å²) in [5.74, 6) is 0.146. The van der Waals surface area contributed by atoms with Crippen molar-refractivity contribution in [1.29, 1.82) is 5.26 Å². The van der Waals surface area contributed by atoms with Crippen LogP contribution in [0.5, 0.6) is 0 Å². The molecule has 0 aliphatic carbocycles. The number of thiol groups is 1. The molecule has 8 nitrogen and oxygen atoms in total. The van der Waals surface area contributed by atoms with Crippen molar-refractivity contribution in [2.45, 2.75) is 6.54 Å². The molecule has 1 aliphatic heterocycles. The van der Waals surface area contributed by atoms with Crippen LogP contribution in [0.15, 0.2) is 42.5 Å². The van der Waals surface area contributed by atoms with Crippen LogP contribution in [0.1, 0.15) is 11.1 Å². The minimum atomic E-state index is -2.36. The SMILES string of the molecule is N#Cc1ccc2c(-c3cc4c(CN5CCN(C[SH](=O)=O)CC5)cccc4[nH]3)n[nH]c2c1. The summed E-state index contributed by atoms with van der Waals surface area (Å²) < 4.78 is 21.9. The van der Waals surface area contributed by atoms with Gasteiger partial charge in [0.2, 0.25) is 0 Å². The zero-order chi connectivity index (χ0) is 21.4. The van der Waals surface area contributed by atoms with Gasteiger partial charge in [-0.15, -0.1) is 0 Å². The summed E-state index contributed by atoms with van der Waals surface area (Å²) in [6.45, 7) is 4.05.